The molecule has 0 unspecified atom stereocenters. The molecule has 2 saturated heterocycles. The molecule has 3 heterocycles. The Hall–Kier alpha value is -1.69. The molecular weight excluding hydrogens is 280 g/mol. The van der Waals surface area contributed by atoms with Crippen LogP contribution in [0, 0.1) is 5.92 Å². The fraction of sp³-hybridized carbons (Fsp3) is 0.688. The van der Waals surface area contributed by atoms with Crippen molar-refractivity contribution >= 4 is 11.7 Å². The van der Waals surface area contributed by atoms with E-state index in [1.54, 1.807) is 19.5 Å². The zero-order valence-electron chi connectivity index (χ0n) is 13.2. The number of hydrogen-bond acceptors (Lipinski definition) is 5. The summed E-state index contributed by atoms with van der Waals surface area (Å²) in [6.07, 6.45) is 7.41. The second kappa shape index (κ2) is 7.05. The van der Waals surface area contributed by atoms with Gasteiger partial charge < -0.3 is 14.5 Å². The molecular formula is C16H24N4O2. The molecule has 1 aromatic rings. The Morgan fingerprint density at radius 2 is 2.05 bits per heavy atom. The van der Waals surface area contributed by atoms with E-state index in [-0.39, 0.29) is 5.91 Å². The van der Waals surface area contributed by atoms with Crippen LogP contribution in [0.1, 0.15) is 25.0 Å². The lowest BCUT2D eigenvalue weighted by Crippen LogP contribution is -2.29. The van der Waals surface area contributed by atoms with E-state index in [1.807, 2.05) is 4.90 Å². The number of nitrogens with zero attached hydrogens (tertiary/aromatic N) is 4. The summed E-state index contributed by atoms with van der Waals surface area (Å²) in [5, 5.41) is 0. The lowest BCUT2D eigenvalue weighted by atomic mass is 10.0. The quantitative estimate of drug-likeness (QED) is 0.788. The molecule has 3 rings (SSSR count). The summed E-state index contributed by atoms with van der Waals surface area (Å²) in [4.78, 5) is 25.3. The summed E-state index contributed by atoms with van der Waals surface area (Å²) >= 11 is 0. The molecule has 0 saturated carbocycles. The highest BCUT2D eigenvalue weighted by Gasteiger charge is 2.30. The molecule has 0 bridgehead atoms. The molecule has 2 aliphatic heterocycles. The van der Waals surface area contributed by atoms with Gasteiger partial charge in [-0.25, -0.2) is 4.98 Å². The van der Waals surface area contributed by atoms with E-state index in [9.17, 15) is 4.79 Å². The van der Waals surface area contributed by atoms with Gasteiger partial charge in [-0.2, -0.15) is 0 Å². The maximum Gasteiger partial charge on any atom is 0.223 e. The molecule has 1 aromatic heterocycles. The number of carbonyl (C=O) groups excluding carboxylic acids is 1. The highest BCUT2D eigenvalue weighted by Crippen LogP contribution is 2.26. The molecule has 1 atom stereocenters. The lowest BCUT2D eigenvalue weighted by molar-refractivity contribution is -0.128. The van der Waals surface area contributed by atoms with Gasteiger partial charge in [-0.05, 0) is 25.2 Å². The molecule has 0 aliphatic carbocycles. The third-order valence-electron chi connectivity index (χ3n) is 4.50. The molecule has 2 fully saturated rings. The average Bonchev–Trinajstić information content (AvgIpc) is 3.16. The summed E-state index contributed by atoms with van der Waals surface area (Å²) in [7, 11) is 1.67. The van der Waals surface area contributed by atoms with Crippen molar-refractivity contribution in [3.63, 3.8) is 0 Å². The molecule has 6 nitrogen and oxygen atoms in total. The second-order valence-corrected chi connectivity index (χ2v) is 6.13. The number of amides is 1. The van der Waals surface area contributed by atoms with Crippen LogP contribution >= 0.6 is 0 Å². The van der Waals surface area contributed by atoms with Crippen LogP contribution in [-0.4, -0.2) is 60.7 Å². The van der Waals surface area contributed by atoms with Crippen LogP contribution in [0.4, 0.5) is 5.82 Å². The first-order chi connectivity index (χ1) is 10.8. The number of hydrogen-bond donors (Lipinski definition) is 0. The molecule has 6 heteroatoms. The Balaban J connectivity index is 1.65. The molecule has 2 aliphatic rings. The first-order valence-electron chi connectivity index (χ1n) is 8.09. The first kappa shape index (κ1) is 15.2. The van der Waals surface area contributed by atoms with Crippen molar-refractivity contribution in [2.24, 2.45) is 5.92 Å². The standard InChI is InChI=1S/C16H24N4O2/c1-22-9-8-20-12-13(11-15(20)21)10-14-16(18-5-4-17-14)19-6-2-3-7-19/h4-5,13H,2-3,6-12H2,1H3/t13-/m0/s1. The van der Waals surface area contributed by atoms with Gasteiger partial charge in [0, 0.05) is 52.1 Å². The Morgan fingerprint density at radius 1 is 1.27 bits per heavy atom. The molecule has 22 heavy (non-hydrogen) atoms. The van der Waals surface area contributed by atoms with Gasteiger partial charge in [0.25, 0.3) is 0 Å². The zero-order valence-corrected chi connectivity index (χ0v) is 13.2. The van der Waals surface area contributed by atoms with Crippen LogP contribution in [0.5, 0.6) is 0 Å². The number of likely N-dealkylation sites (tertiary alicyclic amines) is 1. The van der Waals surface area contributed by atoms with Gasteiger partial charge in [0.05, 0.1) is 12.3 Å². The zero-order chi connectivity index (χ0) is 15.4. The molecule has 0 aromatic carbocycles. The second-order valence-electron chi connectivity index (χ2n) is 6.13. The number of anilines is 1. The van der Waals surface area contributed by atoms with Crippen LogP contribution in [-0.2, 0) is 16.0 Å². The predicted molar refractivity (Wildman–Crippen MR) is 83.7 cm³/mol. The van der Waals surface area contributed by atoms with E-state index in [1.165, 1.54) is 12.8 Å². The van der Waals surface area contributed by atoms with Crippen LogP contribution in [0.3, 0.4) is 0 Å². The number of aromatic nitrogens is 2. The largest absolute Gasteiger partial charge is 0.383 e. The van der Waals surface area contributed by atoms with Crippen molar-refractivity contribution in [1.82, 2.24) is 14.9 Å². The minimum absolute atomic E-state index is 0.230. The lowest BCUT2D eigenvalue weighted by Gasteiger charge is -2.20. The van der Waals surface area contributed by atoms with Crippen molar-refractivity contribution in [2.75, 3.05) is 44.8 Å². The van der Waals surface area contributed by atoms with Crippen LogP contribution in [0.25, 0.3) is 0 Å². The maximum atomic E-state index is 12.0. The van der Waals surface area contributed by atoms with E-state index in [4.69, 9.17) is 4.74 Å². The summed E-state index contributed by atoms with van der Waals surface area (Å²) < 4.78 is 5.07. The molecule has 120 valence electrons. The van der Waals surface area contributed by atoms with Gasteiger partial charge in [0.15, 0.2) is 0 Å². The van der Waals surface area contributed by atoms with Crippen LogP contribution in [0.2, 0.25) is 0 Å². The van der Waals surface area contributed by atoms with Gasteiger partial charge in [0.2, 0.25) is 5.91 Å². The molecule has 1 amide bonds. The van der Waals surface area contributed by atoms with E-state index in [0.29, 0.717) is 25.5 Å². The van der Waals surface area contributed by atoms with Crippen LogP contribution in [0.15, 0.2) is 12.4 Å². The minimum Gasteiger partial charge on any atom is -0.383 e. The number of carbonyl (C=O) groups is 1. The fourth-order valence-electron chi connectivity index (χ4n) is 3.38. The summed E-state index contributed by atoms with van der Waals surface area (Å²) in [6, 6.07) is 0. The van der Waals surface area contributed by atoms with Gasteiger partial charge in [-0.1, -0.05) is 0 Å². The number of ether oxygens (including phenoxy) is 1. The molecule has 0 spiro atoms. The number of methoxy groups -OCH3 is 1. The van der Waals surface area contributed by atoms with E-state index < -0.39 is 0 Å². The van der Waals surface area contributed by atoms with Crippen molar-refractivity contribution in [3.8, 4) is 0 Å². The minimum atomic E-state index is 0.230. The third kappa shape index (κ3) is 3.38. The molecule has 0 N–H and O–H groups in total. The van der Waals surface area contributed by atoms with Crippen molar-refractivity contribution in [3.05, 3.63) is 18.1 Å². The van der Waals surface area contributed by atoms with Crippen molar-refractivity contribution in [1.29, 1.82) is 0 Å². The topological polar surface area (TPSA) is 58.6 Å². The first-order valence-corrected chi connectivity index (χ1v) is 8.09. The number of rotatable bonds is 6. The predicted octanol–water partition coefficient (Wildman–Crippen LogP) is 1.11. The smallest absolute Gasteiger partial charge is 0.223 e. The summed E-state index contributed by atoms with van der Waals surface area (Å²) in [5.74, 6) is 1.58. The normalized spacial score (nSPS) is 21.9. The van der Waals surface area contributed by atoms with Crippen molar-refractivity contribution < 1.29 is 9.53 Å². The monoisotopic (exact) mass is 304 g/mol. The Morgan fingerprint density at radius 3 is 2.82 bits per heavy atom. The fourth-order valence-corrected chi connectivity index (χ4v) is 3.38. The SMILES string of the molecule is COCCN1C[C@@H](Cc2nccnc2N2CCCC2)CC1=O. The summed E-state index contributed by atoms with van der Waals surface area (Å²) in [6.45, 7) is 4.22. The van der Waals surface area contributed by atoms with Crippen molar-refractivity contribution in [2.45, 2.75) is 25.7 Å². The highest BCUT2D eigenvalue weighted by molar-refractivity contribution is 5.78. The van der Waals surface area contributed by atoms with Gasteiger partial charge in [-0.15, -0.1) is 0 Å². The highest BCUT2D eigenvalue weighted by atomic mass is 16.5. The van der Waals surface area contributed by atoms with E-state index in [0.717, 1.165) is 37.6 Å². The average molecular weight is 304 g/mol. The van der Waals surface area contributed by atoms with Gasteiger partial charge in [0.1, 0.15) is 5.82 Å². The maximum absolute atomic E-state index is 12.0. The Kier molecular flexibility index (Phi) is 4.87. The van der Waals surface area contributed by atoms with E-state index in [2.05, 4.69) is 14.9 Å². The van der Waals surface area contributed by atoms with Gasteiger partial charge >= 0.3 is 0 Å². The molecule has 0 radical (unpaired) electrons. The Bertz CT molecular complexity index is 517. The summed E-state index contributed by atoms with van der Waals surface area (Å²) in [5.41, 5.74) is 1.04. The van der Waals surface area contributed by atoms with Gasteiger partial charge in [-0.3, -0.25) is 9.78 Å². The Labute approximate surface area is 131 Å². The van der Waals surface area contributed by atoms with Crippen LogP contribution < -0.4 is 4.90 Å². The third-order valence-corrected chi connectivity index (χ3v) is 4.50. The van der Waals surface area contributed by atoms with E-state index >= 15 is 0 Å².